The van der Waals surface area contributed by atoms with Crippen LogP contribution < -0.4 is 11.1 Å². The first-order valence-electron chi connectivity index (χ1n) is 5.21. The van der Waals surface area contributed by atoms with Crippen molar-refractivity contribution in [1.29, 1.82) is 0 Å². The minimum atomic E-state index is 0.134. The summed E-state index contributed by atoms with van der Waals surface area (Å²) in [7, 11) is 0. The molecule has 0 spiro atoms. The van der Waals surface area contributed by atoms with Crippen LogP contribution in [0.1, 0.15) is 0 Å². The van der Waals surface area contributed by atoms with E-state index in [1.807, 2.05) is 18.2 Å². The first kappa shape index (κ1) is 10.8. The number of fused-ring (bicyclic) bond motifs is 1. The number of anilines is 3. The molecule has 6 nitrogen and oxygen atoms in total. The van der Waals surface area contributed by atoms with Crippen LogP contribution in [0.4, 0.5) is 17.5 Å². The van der Waals surface area contributed by atoms with Gasteiger partial charge in [-0.05, 0) is 18.2 Å². The first-order chi connectivity index (χ1) is 8.70. The fourth-order valence-electron chi connectivity index (χ4n) is 1.67. The van der Waals surface area contributed by atoms with Crippen molar-refractivity contribution >= 4 is 40.0 Å². The molecule has 4 N–H and O–H groups in total. The second-order valence-corrected chi connectivity index (χ2v) is 4.12. The van der Waals surface area contributed by atoms with Gasteiger partial charge in [0.1, 0.15) is 11.0 Å². The summed E-state index contributed by atoms with van der Waals surface area (Å²) in [6.07, 6.45) is 1.75. The normalized spacial score (nSPS) is 10.7. The lowest BCUT2D eigenvalue weighted by Crippen LogP contribution is -1.99. The Kier molecular flexibility index (Phi) is 2.49. The lowest BCUT2D eigenvalue weighted by Gasteiger charge is -2.06. The second-order valence-electron chi connectivity index (χ2n) is 3.73. The molecule has 2 aromatic heterocycles. The SMILES string of the molecule is Nc1nc(Cl)cc(Nc2ccc3[nH]ncc3c2)n1. The standard InChI is InChI=1S/C11H9ClN6/c12-9-4-10(17-11(13)16-9)15-7-1-2-8-6(3-7)5-14-18-8/h1-5H,(H,14,18)(H3,13,15,16,17). The Labute approximate surface area is 107 Å². The predicted molar refractivity (Wildman–Crippen MR) is 70.8 cm³/mol. The molecule has 0 aliphatic heterocycles. The van der Waals surface area contributed by atoms with E-state index in [4.69, 9.17) is 17.3 Å². The monoisotopic (exact) mass is 260 g/mol. The van der Waals surface area contributed by atoms with Gasteiger partial charge in [0, 0.05) is 17.1 Å². The van der Waals surface area contributed by atoms with Gasteiger partial charge in [0.25, 0.3) is 0 Å². The Morgan fingerprint density at radius 1 is 1.22 bits per heavy atom. The number of hydrogen-bond acceptors (Lipinski definition) is 5. The lowest BCUT2D eigenvalue weighted by molar-refractivity contribution is 1.12. The summed E-state index contributed by atoms with van der Waals surface area (Å²) >= 11 is 5.81. The highest BCUT2D eigenvalue weighted by molar-refractivity contribution is 6.29. The zero-order valence-corrected chi connectivity index (χ0v) is 9.94. The number of H-pyrrole nitrogens is 1. The van der Waals surface area contributed by atoms with Crippen LogP contribution in [-0.2, 0) is 0 Å². The number of aromatic amines is 1. The Balaban J connectivity index is 1.95. The van der Waals surface area contributed by atoms with E-state index in [1.54, 1.807) is 12.3 Å². The molecule has 0 aliphatic rings. The molecular weight excluding hydrogens is 252 g/mol. The van der Waals surface area contributed by atoms with E-state index in [1.165, 1.54) is 0 Å². The molecule has 0 saturated heterocycles. The summed E-state index contributed by atoms with van der Waals surface area (Å²) in [5.74, 6) is 0.685. The molecule has 3 aromatic rings. The van der Waals surface area contributed by atoms with Crippen molar-refractivity contribution in [2.75, 3.05) is 11.1 Å². The third-order valence-corrected chi connectivity index (χ3v) is 2.62. The molecule has 0 aliphatic carbocycles. The van der Waals surface area contributed by atoms with Crippen molar-refractivity contribution < 1.29 is 0 Å². The Bertz CT molecular complexity index is 687. The van der Waals surface area contributed by atoms with Crippen molar-refractivity contribution in [3.63, 3.8) is 0 Å². The van der Waals surface area contributed by atoms with Gasteiger partial charge in [-0.3, -0.25) is 5.10 Å². The number of nitrogens with one attached hydrogen (secondary N) is 2. The number of rotatable bonds is 2. The van der Waals surface area contributed by atoms with Crippen molar-refractivity contribution in [3.8, 4) is 0 Å². The zero-order valence-electron chi connectivity index (χ0n) is 9.18. The minimum Gasteiger partial charge on any atom is -0.368 e. The molecule has 7 heteroatoms. The van der Waals surface area contributed by atoms with Gasteiger partial charge in [-0.25, -0.2) is 4.98 Å². The number of aromatic nitrogens is 4. The van der Waals surface area contributed by atoms with Crippen molar-refractivity contribution in [1.82, 2.24) is 20.2 Å². The van der Waals surface area contributed by atoms with E-state index in [-0.39, 0.29) is 5.95 Å². The molecular formula is C11H9ClN6. The number of nitrogens with two attached hydrogens (primary N) is 1. The van der Waals surface area contributed by atoms with Crippen LogP contribution in [-0.4, -0.2) is 20.2 Å². The third kappa shape index (κ3) is 2.05. The highest BCUT2D eigenvalue weighted by atomic mass is 35.5. The van der Waals surface area contributed by atoms with E-state index in [2.05, 4.69) is 25.5 Å². The quantitative estimate of drug-likeness (QED) is 0.615. The van der Waals surface area contributed by atoms with E-state index in [0.29, 0.717) is 11.0 Å². The number of hydrogen-bond donors (Lipinski definition) is 3. The highest BCUT2D eigenvalue weighted by Gasteiger charge is 2.02. The topological polar surface area (TPSA) is 92.5 Å². The fourth-order valence-corrected chi connectivity index (χ4v) is 1.86. The summed E-state index contributed by atoms with van der Waals surface area (Å²) in [5, 5.41) is 11.3. The molecule has 0 bridgehead atoms. The first-order valence-corrected chi connectivity index (χ1v) is 5.59. The van der Waals surface area contributed by atoms with Crippen LogP contribution >= 0.6 is 11.6 Å². The number of nitrogens with zero attached hydrogens (tertiary/aromatic N) is 3. The Morgan fingerprint density at radius 3 is 2.94 bits per heavy atom. The van der Waals surface area contributed by atoms with Gasteiger partial charge in [-0.15, -0.1) is 0 Å². The van der Waals surface area contributed by atoms with Gasteiger partial charge < -0.3 is 11.1 Å². The largest absolute Gasteiger partial charge is 0.368 e. The Morgan fingerprint density at radius 2 is 2.11 bits per heavy atom. The molecule has 2 heterocycles. The van der Waals surface area contributed by atoms with Crippen LogP contribution in [0.5, 0.6) is 0 Å². The predicted octanol–water partition coefficient (Wildman–Crippen LogP) is 2.33. The van der Waals surface area contributed by atoms with Crippen LogP contribution in [0.2, 0.25) is 5.15 Å². The van der Waals surface area contributed by atoms with E-state index >= 15 is 0 Å². The van der Waals surface area contributed by atoms with Gasteiger partial charge in [0.05, 0.1) is 11.7 Å². The highest BCUT2D eigenvalue weighted by Crippen LogP contribution is 2.21. The van der Waals surface area contributed by atoms with Gasteiger partial charge in [-0.1, -0.05) is 11.6 Å². The maximum Gasteiger partial charge on any atom is 0.223 e. The van der Waals surface area contributed by atoms with Gasteiger partial charge in [-0.2, -0.15) is 10.1 Å². The van der Waals surface area contributed by atoms with Gasteiger partial charge in [0.15, 0.2) is 0 Å². The van der Waals surface area contributed by atoms with Crippen LogP contribution in [0.25, 0.3) is 10.9 Å². The molecule has 18 heavy (non-hydrogen) atoms. The number of nitrogen functional groups attached to an aromatic ring is 1. The maximum atomic E-state index is 5.81. The molecule has 0 atom stereocenters. The van der Waals surface area contributed by atoms with Gasteiger partial charge in [0.2, 0.25) is 5.95 Å². The minimum absolute atomic E-state index is 0.134. The molecule has 1 aromatic carbocycles. The fraction of sp³-hybridized carbons (Fsp3) is 0. The molecule has 0 saturated carbocycles. The van der Waals surface area contributed by atoms with E-state index in [9.17, 15) is 0 Å². The van der Waals surface area contributed by atoms with Gasteiger partial charge >= 0.3 is 0 Å². The lowest BCUT2D eigenvalue weighted by atomic mass is 10.2. The number of halogens is 1. The van der Waals surface area contributed by atoms with Crippen molar-refractivity contribution in [3.05, 3.63) is 35.6 Å². The van der Waals surface area contributed by atoms with Crippen LogP contribution in [0.15, 0.2) is 30.5 Å². The van der Waals surface area contributed by atoms with Crippen LogP contribution in [0, 0.1) is 0 Å². The molecule has 0 unspecified atom stereocenters. The van der Waals surface area contributed by atoms with Crippen LogP contribution in [0.3, 0.4) is 0 Å². The van der Waals surface area contributed by atoms with Crippen molar-refractivity contribution in [2.45, 2.75) is 0 Å². The van der Waals surface area contributed by atoms with E-state index in [0.717, 1.165) is 16.6 Å². The molecule has 0 radical (unpaired) electrons. The summed E-state index contributed by atoms with van der Waals surface area (Å²) in [4.78, 5) is 7.84. The summed E-state index contributed by atoms with van der Waals surface area (Å²) < 4.78 is 0. The summed E-state index contributed by atoms with van der Waals surface area (Å²) in [5.41, 5.74) is 7.37. The third-order valence-electron chi connectivity index (χ3n) is 2.42. The molecule has 90 valence electrons. The second kappa shape index (κ2) is 4.15. The molecule has 3 rings (SSSR count). The zero-order chi connectivity index (χ0) is 12.5. The average Bonchev–Trinajstić information content (AvgIpc) is 2.74. The average molecular weight is 261 g/mol. The summed E-state index contributed by atoms with van der Waals surface area (Å²) in [6, 6.07) is 7.39. The maximum absolute atomic E-state index is 5.81. The Hall–Kier alpha value is -2.34. The summed E-state index contributed by atoms with van der Waals surface area (Å²) in [6.45, 7) is 0. The molecule has 0 fully saturated rings. The van der Waals surface area contributed by atoms with Crippen molar-refractivity contribution in [2.24, 2.45) is 0 Å². The molecule has 0 amide bonds. The smallest absolute Gasteiger partial charge is 0.223 e. The van der Waals surface area contributed by atoms with E-state index < -0.39 is 0 Å². The number of benzene rings is 1.